The summed E-state index contributed by atoms with van der Waals surface area (Å²) in [7, 11) is 0. The first kappa shape index (κ1) is 9.86. The fourth-order valence-electron chi connectivity index (χ4n) is 1.36. The third-order valence-corrected chi connectivity index (χ3v) is 2.73. The van der Waals surface area contributed by atoms with Gasteiger partial charge in [0.05, 0.1) is 5.56 Å². The summed E-state index contributed by atoms with van der Waals surface area (Å²) >= 11 is 1.45. The number of halogens is 1. The first-order valence-electron chi connectivity index (χ1n) is 4.24. The summed E-state index contributed by atoms with van der Waals surface area (Å²) in [5.41, 5.74) is 1.27. The molecule has 76 valence electrons. The van der Waals surface area contributed by atoms with Crippen LogP contribution in [-0.4, -0.2) is 11.1 Å². The molecule has 0 bridgehead atoms. The maximum absolute atomic E-state index is 13.0. The van der Waals surface area contributed by atoms with Gasteiger partial charge in [0.25, 0.3) is 0 Å². The van der Waals surface area contributed by atoms with E-state index in [0.717, 1.165) is 11.6 Å². The lowest BCUT2D eigenvalue weighted by Crippen LogP contribution is -1.99. The fraction of sp³-hybridized carbons (Fsp3) is 0. The second-order valence-electron chi connectivity index (χ2n) is 3.01. The lowest BCUT2D eigenvalue weighted by atomic mass is 10.0. The molecule has 4 heteroatoms. The topological polar surface area (TPSA) is 37.3 Å². The van der Waals surface area contributed by atoms with E-state index in [-0.39, 0.29) is 5.56 Å². The Balaban J connectivity index is 2.63. The van der Waals surface area contributed by atoms with Crippen molar-refractivity contribution in [3.8, 4) is 11.1 Å². The number of carboxylic acids is 1. The van der Waals surface area contributed by atoms with Gasteiger partial charge in [0.1, 0.15) is 5.82 Å². The van der Waals surface area contributed by atoms with Gasteiger partial charge >= 0.3 is 5.97 Å². The summed E-state index contributed by atoms with van der Waals surface area (Å²) < 4.78 is 13.0. The first-order valence-corrected chi connectivity index (χ1v) is 5.18. The van der Waals surface area contributed by atoms with E-state index in [2.05, 4.69) is 0 Å². The Hall–Kier alpha value is -1.68. The molecular weight excluding hydrogens is 215 g/mol. The van der Waals surface area contributed by atoms with E-state index in [1.54, 1.807) is 11.4 Å². The van der Waals surface area contributed by atoms with Crippen LogP contribution in [0.1, 0.15) is 10.4 Å². The Morgan fingerprint density at radius 1 is 1.33 bits per heavy atom. The Morgan fingerprint density at radius 3 is 2.73 bits per heavy atom. The number of hydrogen-bond acceptors (Lipinski definition) is 2. The van der Waals surface area contributed by atoms with Crippen LogP contribution >= 0.6 is 11.3 Å². The molecule has 0 amide bonds. The van der Waals surface area contributed by atoms with Crippen LogP contribution in [0.5, 0.6) is 0 Å². The standard InChI is InChI=1S/C11H7FO2S/c12-8-1-2-9(11(13)14)10(5-8)7-3-4-15-6-7/h1-6H,(H,13,14). The zero-order valence-corrected chi connectivity index (χ0v) is 8.42. The van der Waals surface area contributed by atoms with Gasteiger partial charge in [0.2, 0.25) is 0 Å². The van der Waals surface area contributed by atoms with Crippen molar-refractivity contribution in [2.24, 2.45) is 0 Å². The van der Waals surface area contributed by atoms with Crippen molar-refractivity contribution in [3.63, 3.8) is 0 Å². The average molecular weight is 222 g/mol. The quantitative estimate of drug-likeness (QED) is 0.846. The van der Waals surface area contributed by atoms with Gasteiger partial charge in [-0.1, -0.05) is 0 Å². The van der Waals surface area contributed by atoms with E-state index in [9.17, 15) is 9.18 Å². The largest absolute Gasteiger partial charge is 0.478 e. The molecule has 0 fully saturated rings. The Kier molecular flexibility index (Phi) is 2.51. The Bertz CT molecular complexity index is 491. The van der Waals surface area contributed by atoms with Crippen LogP contribution in [0.25, 0.3) is 11.1 Å². The second kappa shape index (κ2) is 3.82. The predicted octanol–water partition coefficient (Wildman–Crippen LogP) is 3.25. The van der Waals surface area contributed by atoms with E-state index in [4.69, 9.17) is 5.11 Å². The number of thiophene rings is 1. The molecule has 0 aliphatic carbocycles. The fourth-order valence-corrected chi connectivity index (χ4v) is 2.02. The summed E-state index contributed by atoms with van der Waals surface area (Å²) in [5.74, 6) is -1.47. The summed E-state index contributed by atoms with van der Waals surface area (Å²) in [6.07, 6.45) is 0. The molecule has 1 N–H and O–H groups in total. The van der Waals surface area contributed by atoms with Crippen LogP contribution in [0.3, 0.4) is 0 Å². The highest BCUT2D eigenvalue weighted by molar-refractivity contribution is 7.08. The van der Waals surface area contributed by atoms with Crippen LogP contribution < -0.4 is 0 Å². The number of carbonyl (C=O) groups is 1. The monoisotopic (exact) mass is 222 g/mol. The summed E-state index contributed by atoms with van der Waals surface area (Å²) in [6.45, 7) is 0. The molecule has 0 aliphatic heterocycles. The minimum absolute atomic E-state index is 0.120. The van der Waals surface area contributed by atoms with Crippen molar-refractivity contribution >= 4 is 17.3 Å². The SMILES string of the molecule is O=C(O)c1ccc(F)cc1-c1ccsc1. The van der Waals surface area contributed by atoms with Crippen LogP contribution in [-0.2, 0) is 0 Å². The molecule has 15 heavy (non-hydrogen) atoms. The normalized spacial score (nSPS) is 10.2. The smallest absolute Gasteiger partial charge is 0.336 e. The molecule has 0 radical (unpaired) electrons. The van der Waals surface area contributed by atoms with Crippen molar-refractivity contribution in [1.82, 2.24) is 0 Å². The first-order chi connectivity index (χ1) is 7.18. The molecular formula is C11H7FO2S. The van der Waals surface area contributed by atoms with E-state index >= 15 is 0 Å². The van der Waals surface area contributed by atoms with E-state index in [1.807, 2.05) is 5.38 Å². The molecule has 1 aromatic heterocycles. The van der Waals surface area contributed by atoms with Crippen molar-refractivity contribution < 1.29 is 14.3 Å². The number of aromatic carboxylic acids is 1. The number of benzene rings is 1. The minimum Gasteiger partial charge on any atom is -0.478 e. The number of hydrogen-bond donors (Lipinski definition) is 1. The number of carboxylic acid groups (broad SMARTS) is 1. The Labute approximate surface area is 89.6 Å². The third kappa shape index (κ3) is 1.89. The molecule has 2 nitrogen and oxygen atoms in total. The van der Waals surface area contributed by atoms with Crippen LogP contribution in [0.15, 0.2) is 35.0 Å². The summed E-state index contributed by atoms with van der Waals surface area (Å²) in [5, 5.41) is 12.6. The van der Waals surface area contributed by atoms with Crippen molar-refractivity contribution in [2.45, 2.75) is 0 Å². The van der Waals surface area contributed by atoms with Crippen LogP contribution in [0.2, 0.25) is 0 Å². The molecule has 0 saturated carbocycles. The van der Waals surface area contributed by atoms with E-state index < -0.39 is 11.8 Å². The molecule has 1 aromatic carbocycles. The molecule has 2 rings (SSSR count). The highest BCUT2D eigenvalue weighted by Crippen LogP contribution is 2.26. The van der Waals surface area contributed by atoms with Crippen molar-refractivity contribution in [3.05, 3.63) is 46.4 Å². The van der Waals surface area contributed by atoms with Gasteiger partial charge in [-0.25, -0.2) is 9.18 Å². The zero-order valence-electron chi connectivity index (χ0n) is 7.61. The molecule has 0 aliphatic rings. The highest BCUT2D eigenvalue weighted by atomic mass is 32.1. The van der Waals surface area contributed by atoms with E-state index in [1.165, 1.54) is 23.5 Å². The van der Waals surface area contributed by atoms with Crippen molar-refractivity contribution in [2.75, 3.05) is 0 Å². The Morgan fingerprint density at radius 2 is 2.13 bits per heavy atom. The lowest BCUT2D eigenvalue weighted by Gasteiger charge is -2.03. The molecule has 0 saturated heterocycles. The van der Waals surface area contributed by atoms with Gasteiger partial charge in [0.15, 0.2) is 0 Å². The van der Waals surface area contributed by atoms with Crippen LogP contribution in [0, 0.1) is 5.82 Å². The van der Waals surface area contributed by atoms with Gasteiger partial charge in [0, 0.05) is 0 Å². The molecule has 0 unspecified atom stereocenters. The summed E-state index contributed by atoms with van der Waals surface area (Å²) in [6, 6.07) is 5.45. The molecule has 0 atom stereocenters. The minimum atomic E-state index is -1.05. The average Bonchev–Trinajstić information content (AvgIpc) is 2.69. The maximum atomic E-state index is 13.0. The molecule has 2 aromatic rings. The van der Waals surface area contributed by atoms with Gasteiger partial charge in [-0.05, 0) is 46.2 Å². The maximum Gasteiger partial charge on any atom is 0.336 e. The summed E-state index contributed by atoms with van der Waals surface area (Å²) in [4.78, 5) is 10.9. The zero-order chi connectivity index (χ0) is 10.8. The van der Waals surface area contributed by atoms with Crippen LogP contribution in [0.4, 0.5) is 4.39 Å². The highest BCUT2D eigenvalue weighted by Gasteiger charge is 2.12. The number of rotatable bonds is 2. The molecule has 0 spiro atoms. The molecule has 1 heterocycles. The lowest BCUT2D eigenvalue weighted by molar-refractivity contribution is 0.0697. The third-order valence-electron chi connectivity index (χ3n) is 2.04. The second-order valence-corrected chi connectivity index (χ2v) is 3.79. The van der Waals surface area contributed by atoms with Crippen molar-refractivity contribution in [1.29, 1.82) is 0 Å². The van der Waals surface area contributed by atoms with Gasteiger partial charge in [-0.2, -0.15) is 11.3 Å². The van der Waals surface area contributed by atoms with Gasteiger partial charge in [-0.3, -0.25) is 0 Å². The van der Waals surface area contributed by atoms with Gasteiger partial charge < -0.3 is 5.11 Å². The predicted molar refractivity (Wildman–Crippen MR) is 56.7 cm³/mol. The van der Waals surface area contributed by atoms with Gasteiger partial charge in [-0.15, -0.1) is 0 Å². The van der Waals surface area contributed by atoms with E-state index in [0.29, 0.717) is 5.56 Å².